The Balaban J connectivity index is 0. The number of rotatable bonds is 3. The highest BCUT2D eigenvalue weighted by Crippen LogP contribution is 2.01. The van der Waals surface area contributed by atoms with Crippen LogP contribution in [0.3, 0.4) is 0 Å². The zero-order valence-corrected chi connectivity index (χ0v) is 6.85. The van der Waals surface area contributed by atoms with Gasteiger partial charge < -0.3 is 0 Å². The molecule has 0 atom stereocenters. The second-order valence-electron chi connectivity index (χ2n) is 2.09. The van der Waals surface area contributed by atoms with Crippen molar-refractivity contribution in [1.29, 1.82) is 0 Å². The van der Waals surface area contributed by atoms with E-state index in [1.54, 1.807) is 0 Å². The van der Waals surface area contributed by atoms with Crippen LogP contribution in [0, 0.1) is 0 Å². The zero-order chi connectivity index (χ0) is 5.70. The van der Waals surface area contributed by atoms with Crippen molar-refractivity contribution in [3.05, 3.63) is 0 Å². The highest BCUT2D eigenvalue weighted by molar-refractivity contribution is 6.58. The minimum absolute atomic E-state index is 0. The molecule has 0 aromatic heterocycles. The quantitative estimate of drug-likeness (QED) is 0.524. The van der Waals surface area contributed by atoms with Gasteiger partial charge in [-0.2, -0.15) is 0 Å². The van der Waals surface area contributed by atoms with E-state index in [2.05, 4.69) is 20.8 Å². The van der Waals surface area contributed by atoms with Gasteiger partial charge in [0.15, 0.2) is 17.4 Å². The van der Waals surface area contributed by atoms with Gasteiger partial charge in [0.2, 0.25) is 0 Å². The molecule has 0 aliphatic rings. The molecule has 0 nitrogen and oxygen atoms in total. The Kier molecular flexibility index (Phi) is 11.9. The first kappa shape index (κ1) is 11.8. The molecule has 0 fully saturated rings. The monoisotopic (exact) mass is 144 g/mol. The topological polar surface area (TPSA) is 0 Å². The molecule has 0 amide bonds. The van der Waals surface area contributed by atoms with Gasteiger partial charge in [0, 0.05) is 0 Å². The van der Waals surface area contributed by atoms with Gasteiger partial charge >= 0.3 is 0 Å². The van der Waals surface area contributed by atoms with E-state index < -0.39 is 0 Å². The van der Waals surface area contributed by atoms with Crippen molar-refractivity contribution in [1.82, 2.24) is 0 Å². The molecule has 2 heteroatoms. The van der Waals surface area contributed by atoms with Crippen molar-refractivity contribution >= 4 is 31.5 Å². The largest absolute Gasteiger partial charge is 0.261 e. The van der Waals surface area contributed by atoms with Crippen molar-refractivity contribution in [2.75, 3.05) is 0 Å². The summed E-state index contributed by atoms with van der Waals surface area (Å²) >= 11 is -0.171. The second kappa shape index (κ2) is 8.06. The third-order valence-electron chi connectivity index (χ3n) is 1.73. The zero-order valence-electron chi connectivity index (χ0n) is 5.70. The molecule has 0 aliphatic heterocycles. The molecule has 8 heavy (non-hydrogen) atoms. The van der Waals surface area contributed by atoms with Gasteiger partial charge in [0.1, 0.15) is 0 Å². The summed E-state index contributed by atoms with van der Waals surface area (Å²) in [5.74, 6) is 0. The van der Waals surface area contributed by atoms with Gasteiger partial charge in [-0.3, -0.25) is 0 Å². The summed E-state index contributed by atoms with van der Waals surface area (Å²) < 4.78 is 0. The molecule has 0 saturated heterocycles. The summed E-state index contributed by atoms with van der Waals surface area (Å²) in [5.41, 5.74) is 0. The summed E-state index contributed by atoms with van der Waals surface area (Å²) in [7, 11) is 0. The Hall–Kier alpha value is 1.06. The molecule has 0 aliphatic carbocycles. The van der Waals surface area contributed by atoms with Crippen molar-refractivity contribution in [3.63, 3.8) is 0 Å². The average molecular weight is 144 g/mol. The van der Waals surface area contributed by atoms with Crippen molar-refractivity contribution in [3.8, 4) is 0 Å². The lowest BCUT2D eigenvalue weighted by Crippen LogP contribution is -2.04. The maximum absolute atomic E-state index is 2.32. The lowest BCUT2D eigenvalue weighted by atomic mass is 10.9. The van der Waals surface area contributed by atoms with Crippen LogP contribution in [0.2, 0.25) is 15.8 Å². The molecule has 0 N–H and O–H groups in total. The standard InChI is InChI=1S/3C2H5.2Al.3H/c3*1-2;;;;;/h3*1H2,2H3;;;;;. The van der Waals surface area contributed by atoms with Gasteiger partial charge in [-0.15, -0.1) is 0 Å². The molecule has 0 aromatic carbocycles. The smallest absolute Gasteiger partial charge is 0.0967 e. The predicted octanol–water partition coefficient (Wildman–Crippen LogP) is 1.36. The minimum Gasteiger partial charge on any atom is -0.0967 e. The van der Waals surface area contributed by atoms with Crippen LogP contribution in [0.1, 0.15) is 20.8 Å². The highest BCUT2D eigenvalue weighted by Gasteiger charge is 2.05. The normalized spacial score (nSPS) is 7.88. The van der Waals surface area contributed by atoms with Crippen molar-refractivity contribution < 1.29 is 0 Å². The molecule has 0 aromatic rings. The Morgan fingerprint density at radius 2 is 1.12 bits per heavy atom. The van der Waals surface area contributed by atoms with Gasteiger partial charge in [0.25, 0.3) is 14.1 Å². The maximum Gasteiger partial charge on any atom is 0.261 e. The van der Waals surface area contributed by atoms with Crippen LogP contribution >= 0.6 is 0 Å². The Morgan fingerprint density at radius 1 is 0.875 bits per heavy atom. The molecule has 0 heterocycles. The molecule has 0 spiro atoms. The Morgan fingerprint density at radius 3 is 1.12 bits per heavy atom. The fourth-order valence-corrected chi connectivity index (χ4v) is 2.60. The van der Waals surface area contributed by atoms with Crippen LogP contribution in [0.5, 0.6) is 0 Å². The number of hydrogen-bond acceptors (Lipinski definition) is 0. The summed E-state index contributed by atoms with van der Waals surface area (Å²) in [6.45, 7) is 6.97. The first-order valence-corrected chi connectivity index (χ1v) is 5.80. The van der Waals surface area contributed by atoms with Gasteiger partial charge in [-0.1, -0.05) is 36.6 Å². The SMILES string of the molecule is C[CH2][Al]([CH2]C)[CH2]C.[AlH3]. The Labute approximate surface area is 68.2 Å². The molecular weight excluding hydrogens is 126 g/mol. The van der Waals surface area contributed by atoms with Gasteiger partial charge in [0.05, 0.1) is 0 Å². The molecule has 0 saturated carbocycles. The summed E-state index contributed by atoms with van der Waals surface area (Å²) in [6.07, 6.45) is 0. The predicted molar refractivity (Wildman–Crippen MR) is 47.1 cm³/mol. The van der Waals surface area contributed by atoms with E-state index in [-0.39, 0.29) is 31.5 Å². The maximum atomic E-state index is 2.32. The third-order valence-corrected chi connectivity index (χ3v) is 5.20. The van der Waals surface area contributed by atoms with Crippen LogP contribution in [0.15, 0.2) is 0 Å². The van der Waals surface area contributed by atoms with E-state index in [1.807, 2.05) is 0 Å². The summed E-state index contributed by atoms with van der Waals surface area (Å²) in [5, 5.41) is 4.48. The average Bonchev–Trinajstić information content (AvgIpc) is 1.72. The summed E-state index contributed by atoms with van der Waals surface area (Å²) in [6, 6.07) is 0. The van der Waals surface area contributed by atoms with E-state index in [9.17, 15) is 0 Å². The van der Waals surface area contributed by atoms with Crippen molar-refractivity contribution in [2.45, 2.75) is 36.6 Å². The third kappa shape index (κ3) is 5.21. The fraction of sp³-hybridized carbons (Fsp3) is 1.00. The molecular formula is C6H18Al2. The van der Waals surface area contributed by atoms with E-state index in [4.69, 9.17) is 0 Å². The van der Waals surface area contributed by atoms with Crippen LogP contribution in [-0.2, 0) is 0 Å². The van der Waals surface area contributed by atoms with Gasteiger partial charge in [-0.25, -0.2) is 0 Å². The minimum atomic E-state index is -0.171. The fourth-order valence-electron chi connectivity index (χ4n) is 0.866. The molecule has 0 radical (unpaired) electrons. The first-order valence-electron chi connectivity index (χ1n) is 3.35. The van der Waals surface area contributed by atoms with E-state index in [1.165, 1.54) is 15.8 Å². The lowest BCUT2D eigenvalue weighted by Gasteiger charge is -1.97. The summed E-state index contributed by atoms with van der Waals surface area (Å²) in [4.78, 5) is 0. The second-order valence-corrected chi connectivity index (χ2v) is 6.27. The molecule has 0 bridgehead atoms. The highest BCUT2D eigenvalue weighted by atomic mass is 27.2. The number of hydrogen-bond donors (Lipinski definition) is 0. The van der Waals surface area contributed by atoms with Crippen molar-refractivity contribution in [2.24, 2.45) is 0 Å². The van der Waals surface area contributed by atoms with E-state index in [0.29, 0.717) is 0 Å². The van der Waals surface area contributed by atoms with Gasteiger partial charge in [-0.05, 0) is 0 Å². The van der Waals surface area contributed by atoms with Crippen LogP contribution in [0.25, 0.3) is 0 Å². The molecule has 0 rings (SSSR count). The first-order chi connectivity index (χ1) is 3.35. The van der Waals surface area contributed by atoms with Crippen LogP contribution in [-0.4, -0.2) is 31.5 Å². The molecule has 0 unspecified atom stereocenters. The van der Waals surface area contributed by atoms with E-state index >= 15 is 0 Å². The van der Waals surface area contributed by atoms with Crippen LogP contribution < -0.4 is 0 Å². The molecule has 48 valence electrons. The van der Waals surface area contributed by atoms with E-state index in [0.717, 1.165) is 0 Å². The van der Waals surface area contributed by atoms with Crippen LogP contribution in [0.4, 0.5) is 0 Å². The lowest BCUT2D eigenvalue weighted by molar-refractivity contribution is 1.24. The Bertz CT molecular complexity index is 28.0.